The van der Waals surface area contributed by atoms with Crippen LogP contribution in [0.1, 0.15) is 16.8 Å². The molecule has 0 radical (unpaired) electrons. The molecule has 0 bridgehead atoms. The maximum Gasteiger partial charge on any atom is 0.275 e. The number of nitrogens with zero attached hydrogens (tertiary/aromatic N) is 3. The summed E-state index contributed by atoms with van der Waals surface area (Å²) in [5, 5.41) is 3.93. The van der Waals surface area contributed by atoms with Crippen molar-refractivity contribution in [1.82, 2.24) is 14.6 Å². The molecule has 5 heteroatoms. The van der Waals surface area contributed by atoms with Crippen LogP contribution in [0.3, 0.4) is 0 Å². The second-order valence-corrected chi connectivity index (χ2v) is 5.01. The molecule has 3 aromatic rings. The molecule has 0 atom stereocenters. The summed E-state index contributed by atoms with van der Waals surface area (Å²) in [6.07, 6.45) is 3.79. The fraction of sp³-hybridized carbons (Fsp3) is 0.0714. The number of hydrogen-bond acceptors (Lipinski definition) is 4. The van der Waals surface area contributed by atoms with E-state index in [0.717, 1.165) is 5.56 Å². The minimum absolute atomic E-state index is 0.157. The van der Waals surface area contributed by atoms with Crippen LogP contribution in [-0.2, 0) is 0 Å². The summed E-state index contributed by atoms with van der Waals surface area (Å²) in [6, 6.07) is 9.63. The Kier molecular flexibility index (Phi) is 2.97. The number of fused-ring (bicyclic) bond motifs is 1. The summed E-state index contributed by atoms with van der Waals surface area (Å²) in [4.78, 5) is 16.7. The lowest BCUT2D eigenvalue weighted by Crippen LogP contribution is -2.13. The SMILES string of the molecule is Cc1cccc(/C=C/c2cc(=O)n3ncsc3n2)c1. The highest BCUT2D eigenvalue weighted by Crippen LogP contribution is 2.09. The molecule has 19 heavy (non-hydrogen) atoms. The van der Waals surface area contributed by atoms with Crippen LogP contribution in [0, 0.1) is 6.92 Å². The van der Waals surface area contributed by atoms with Crippen molar-refractivity contribution >= 4 is 28.4 Å². The normalized spacial score (nSPS) is 11.4. The van der Waals surface area contributed by atoms with Crippen molar-refractivity contribution < 1.29 is 0 Å². The highest BCUT2D eigenvalue weighted by Gasteiger charge is 2.01. The summed E-state index contributed by atoms with van der Waals surface area (Å²) in [5.74, 6) is 0. The standard InChI is InChI=1S/C14H11N3OS/c1-10-3-2-4-11(7-10)5-6-12-8-13(18)17-14(16-12)19-9-15-17/h2-9H,1H3/b6-5+. The third-order valence-corrected chi connectivity index (χ3v) is 3.37. The van der Waals surface area contributed by atoms with Crippen LogP contribution in [0.15, 0.2) is 40.6 Å². The summed E-state index contributed by atoms with van der Waals surface area (Å²) in [5.41, 5.74) is 4.39. The van der Waals surface area contributed by atoms with Crippen molar-refractivity contribution in [3.8, 4) is 0 Å². The first-order valence-electron chi connectivity index (χ1n) is 5.81. The predicted octanol–water partition coefficient (Wildman–Crippen LogP) is 2.63. The number of rotatable bonds is 2. The second-order valence-electron chi connectivity index (χ2n) is 4.20. The predicted molar refractivity (Wildman–Crippen MR) is 77.2 cm³/mol. The average molecular weight is 269 g/mol. The first kappa shape index (κ1) is 11.8. The Labute approximate surface area is 113 Å². The zero-order chi connectivity index (χ0) is 13.2. The number of benzene rings is 1. The second kappa shape index (κ2) is 4.78. The fourth-order valence-electron chi connectivity index (χ4n) is 1.81. The summed E-state index contributed by atoms with van der Waals surface area (Å²) in [7, 11) is 0. The molecule has 1 aromatic carbocycles. The van der Waals surface area contributed by atoms with E-state index in [1.54, 1.807) is 5.51 Å². The van der Waals surface area contributed by atoms with E-state index in [0.29, 0.717) is 10.7 Å². The highest BCUT2D eigenvalue weighted by molar-refractivity contribution is 7.14. The molecule has 0 aliphatic carbocycles. The summed E-state index contributed by atoms with van der Waals surface area (Å²) >= 11 is 1.35. The Morgan fingerprint density at radius 3 is 3.00 bits per heavy atom. The van der Waals surface area contributed by atoms with E-state index < -0.39 is 0 Å². The van der Waals surface area contributed by atoms with Crippen LogP contribution >= 0.6 is 11.3 Å². The number of aromatic nitrogens is 3. The molecule has 0 spiro atoms. The average Bonchev–Trinajstić information content (AvgIpc) is 2.85. The molecule has 3 rings (SSSR count). The lowest BCUT2D eigenvalue weighted by Gasteiger charge is -1.96. The van der Waals surface area contributed by atoms with E-state index in [9.17, 15) is 4.79 Å². The highest BCUT2D eigenvalue weighted by atomic mass is 32.1. The van der Waals surface area contributed by atoms with Crippen LogP contribution < -0.4 is 5.56 Å². The molecule has 2 heterocycles. The first-order valence-corrected chi connectivity index (χ1v) is 6.69. The Hall–Kier alpha value is -2.27. The van der Waals surface area contributed by atoms with Crippen molar-refractivity contribution in [2.45, 2.75) is 6.92 Å². The van der Waals surface area contributed by atoms with Gasteiger partial charge >= 0.3 is 0 Å². The zero-order valence-electron chi connectivity index (χ0n) is 10.3. The largest absolute Gasteiger partial charge is 0.275 e. The summed E-state index contributed by atoms with van der Waals surface area (Å²) < 4.78 is 1.30. The lowest BCUT2D eigenvalue weighted by molar-refractivity contribution is 0.897. The van der Waals surface area contributed by atoms with Gasteiger partial charge in [0.2, 0.25) is 4.96 Å². The Balaban J connectivity index is 1.99. The Morgan fingerprint density at radius 2 is 2.16 bits per heavy atom. The van der Waals surface area contributed by atoms with Gasteiger partial charge in [-0.15, -0.1) is 0 Å². The third kappa shape index (κ3) is 2.46. The van der Waals surface area contributed by atoms with Crippen molar-refractivity contribution in [1.29, 1.82) is 0 Å². The van der Waals surface area contributed by atoms with E-state index in [4.69, 9.17) is 0 Å². The van der Waals surface area contributed by atoms with Crippen LogP contribution in [0.4, 0.5) is 0 Å². The van der Waals surface area contributed by atoms with Gasteiger partial charge in [0, 0.05) is 6.07 Å². The van der Waals surface area contributed by atoms with Gasteiger partial charge < -0.3 is 0 Å². The monoisotopic (exact) mass is 269 g/mol. The van der Waals surface area contributed by atoms with E-state index in [2.05, 4.69) is 16.1 Å². The van der Waals surface area contributed by atoms with E-state index in [-0.39, 0.29) is 5.56 Å². The van der Waals surface area contributed by atoms with Crippen LogP contribution in [0.2, 0.25) is 0 Å². The molecule has 0 unspecified atom stereocenters. The molecule has 0 saturated heterocycles. The van der Waals surface area contributed by atoms with Gasteiger partial charge in [0.05, 0.1) is 5.69 Å². The van der Waals surface area contributed by atoms with Gasteiger partial charge in [-0.3, -0.25) is 4.79 Å². The molecule has 2 aromatic heterocycles. The van der Waals surface area contributed by atoms with Crippen LogP contribution in [0.5, 0.6) is 0 Å². The van der Waals surface area contributed by atoms with Crippen LogP contribution in [0.25, 0.3) is 17.1 Å². The Bertz CT molecular complexity index is 817. The van der Waals surface area contributed by atoms with Gasteiger partial charge in [0.1, 0.15) is 5.51 Å². The minimum atomic E-state index is -0.157. The van der Waals surface area contributed by atoms with Gasteiger partial charge in [0.25, 0.3) is 5.56 Å². The first-order chi connectivity index (χ1) is 9.22. The molecule has 0 saturated carbocycles. The molecule has 4 nitrogen and oxygen atoms in total. The van der Waals surface area contributed by atoms with E-state index in [1.807, 2.05) is 37.3 Å². The lowest BCUT2D eigenvalue weighted by atomic mass is 10.1. The molecule has 0 fully saturated rings. The molecule has 0 aliphatic rings. The molecule has 94 valence electrons. The summed E-state index contributed by atoms with van der Waals surface area (Å²) in [6.45, 7) is 2.05. The molecular weight excluding hydrogens is 258 g/mol. The van der Waals surface area contributed by atoms with Gasteiger partial charge in [-0.05, 0) is 18.6 Å². The van der Waals surface area contributed by atoms with Gasteiger partial charge in [0.15, 0.2) is 0 Å². The molecular formula is C14H11N3OS. The number of aryl methyl sites for hydroxylation is 1. The van der Waals surface area contributed by atoms with Crippen molar-refractivity contribution in [2.24, 2.45) is 0 Å². The van der Waals surface area contributed by atoms with Gasteiger partial charge in [-0.2, -0.15) is 9.61 Å². The molecule has 0 aliphatic heterocycles. The molecule has 0 N–H and O–H groups in total. The molecule has 0 amide bonds. The number of hydrogen-bond donors (Lipinski definition) is 0. The maximum absolute atomic E-state index is 11.8. The third-order valence-electron chi connectivity index (χ3n) is 2.70. The smallest absolute Gasteiger partial charge is 0.267 e. The zero-order valence-corrected chi connectivity index (χ0v) is 11.1. The van der Waals surface area contributed by atoms with Gasteiger partial charge in [-0.25, -0.2) is 4.98 Å². The minimum Gasteiger partial charge on any atom is -0.267 e. The van der Waals surface area contributed by atoms with Crippen molar-refractivity contribution in [2.75, 3.05) is 0 Å². The van der Waals surface area contributed by atoms with E-state index >= 15 is 0 Å². The van der Waals surface area contributed by atoms with E-state index in [1.165, 1.54) is 27.5 Å². The van der Waals surface area contributed by atoms with Gasteiger partial charge in [-0.1, -0.05) is 47.2 Å². The quantitative estimate of drug-likeness (QED) is 0.718. The fourth-order valence-corrected chi connectivity index (χ4v) is 2.44. The van der Waals surface area contributed by atoms with Crippen LogP contribution in [-0.4, -0.2) is 14.6 Å². The van der Waals surface area contributed by atoms with Crippen molar-refractivity contribution in [3.63, 3.8) is 0 Å². The maximum atomic E-state index is 11.8. The topological polar surface area (TPSA) is 47.3 Å². The van der Waals surface area contributed by atoms with Crippen molar-refractivity contribution in [3.05, 3.63) is 63.0 Å². The Morgan fingerprint density at radius 1 is 1.26 bits per heavy atom.